The maximum atomic E-state index is 12.2. The molecule has 0 aromatic carbocycles. The number of rotatable bonds is 6. The number of carbonyl (C=O) groups is 1. The molecule has 0 saturated heterocycles. The van der Waals surface area contributed by atoms with Crippen molar-refractivity contribution in [3.05, 3.63) is 28.7 Å². The first-order chi connectivity index (χ1) is 10.5. The van der Waals surface area contributed by atoms with Crippen LogP contribution in [-0.2, 0) is 16.1 Å². The highest BCUT2D eigenvalue weighted by molar-refractivity contribution is 6.32. The molecule has 0 aliphatic rings. The summed E-state index contributed by atoms with van der Waals surface area (Å²) in [5, 5.41) is 2.75. The molecular weight excluding hydrogens is 306 g/mol. The highest BCUT2D eigenvalue weighted by atomic mass is 35.5. The molecule has 0 atom stereocenters. The fraction of sp³-hybridized carbons (Fsp3) is 0.467. The molecule has 0 bridgehead atoms. The van der Waals surface area contributed by atoms with E-state index in [2.05, 4.69) is 4.98 Å². The van der Waals surface area contributed by atoms with Crippen molar-refractivity contribution in [2.75, 3.05) is 27.9 Å². The van der Waals surface area contributed by atoms with Crippen molar-refractivity contribution >= 4 is 28.4 Å². The number of ether oxygens (including phenoxy) is 1. The third kappa shape index (κ3) is 3.09. The number of hydrogen-bond donors (Lipinski definition) is 0. The second-order valence-electron chi connectivity index (χ2n) is 4.99. The Morgan fingerprint density at radius 1 is 1.45 bits per heavy atom. The third-order valence-electron chi connectivity index (χ3n) is 3.63. The van der Waals surface area contributed by atoms with Gasteiger partial charge in [-0.05, 0) is 25.0 Å². The first kappa shape index (κ1) is 16.7. The van der Waals surface area contributed by atoms with Crippen molar-refractivity contribution in [2.24, 2.45) is 0 Å². The minimum atomic E-state index is -0.303. The molecule has 6 nitrogen and oxygen atoms in total. The fourth-order valence-corrected chi connectivity index (χ4v) is 2.60. The number of hydrogen-bond acceptors (Lipinski definition) is 4. The monoisotopic (exact) mass is 325 g/mol. The molecule has 0 saturated carbocycles. The van der Waals surface area contributed by atoms with E-state index in [0.29, 0.717) is 17.5 Å². The lowest BCUT2D eigenvalue weighted by Crippen LogP contribution is -2.26. The van der Waals surface area contributed by atoms with Crippen molar-refractivity contribution < 1.29 is 14.4 Å². The van der Waals surface area contributed by atoms with Gasteiger partial charge in [-0.25, -0.2) is 5.06 Å². The molecule has 0 N–H and O–H groups in total. The first-order valence-electron chi connectivity index (χ1n) is 6.96. The smallest absolute Gasteiger partial charge is 0.295 e. The first-order valence-corrected chi connectivity index (χ1v) is 7.34. The van der Waals surface area contributed by atoms with Crippen LogP contribution in [0.4, 0.5) is 0 Å². The molecule has 0 spiro atoms. The number of halogens is 1. The summed E-state index contributed by atoms with van der Waals surface area (Å²) in [7, 11) is 4.65. The van der Waals surface area contributed by atoms with Gasteiger partial charge in [0.05, 0.1) is 12.6 Å². The number of pyridine rings is 1. The zero-order chi connectivity index (χ0) is 16.3. The summed E-state index contributed by atoms with van der Waals surface area (Å²) in [6.07, 6.45) is 2.52. The van der Waals surface area contributed by atoms with Gasteiger partial charge in [0.2, 0.25) is 0 Å². The Morgan fingerprint density at radius 3 is 2.82 bits per heavy atom. The maximum Gasteiger partial charge on any atom is 0.295 e. The quantitative estimate of drug-likeness (QED) is 0.605. The number of fused-ring (bicyclic) bond motifs is 1. The van der Waals surface area contributed by atoms with Crippen LogP contribution in [-0.4, -0.2) is 48.4 Å². The van der Waals surface area contributed by atoms with Gasteiger partial charge in [0, 0.05) is 38.9 Å². The molecule has 2 aromatic rings. The number of nitrogens with zero attached hydrogens (tertiary/aromatic N) is 3. The zero-order valence-corrected chi connectivity index (χ0v) is 14.0. The Labute approximate surface area is 134 Å². The van der Waals surface area contributed by atoms with Crippen LogP contribution in [0.15, 0.2) is 12.3 Å². The normalized spacial score (nSPS) is 11.1. The van der Waals surface area contributed by atoms with Gasteiger partial charge < -0.3 is 9.30 Å². The van der Waals surface area contributed by atoms with E-state index >= 15 is 0 Å². The summed E-state index contributed by atoms with van der Waals surface area (Å²) in [6, 6.07) is 1.75. The van der Waals surface area contributed by atoms with Crippen molar-refractivity contribution in [1.29, 1.82) is 0 Å². The number of hydroxylamine groups is 2. The Kier molecular flexibility index (Phi) is 5.39. The number of methoxy groups -OCH3 is 1. The number of aryl methyl sites for hydroxylation is 2. The molecule has 2 aromatic heterocycles. The van der Waals surface area contributed by atoms with E-state index in [1.807, 2.05) is 11.5 Å². The molecule has 7 heteroatoms. The lowest BCUT2D eigenvalue weighted by atomic mass is 10.2. The summed E-state index contributed by atoms with van der Waals surface area (Å²) in [4.78, 5) is 21.3. The molecule has 0 aliphatic carbocycles. The minimum Gasteiger partial charge on any atom is -0.385 e. The highest BCUT2D eigenvalue weighted by Gasteiger charge is 2.18. The van der Waals surface area contributed by atoms with Crippen LogP contribution in [0.5, 0.6) is 0 Å². The van der Waals surface area contributed by atoms with Crippen molar-refractivity contribution in [3.63, 3.8) is 0 Å². The Morgan fingerprint density at radius 2 is 2.18 bits per heavy atom. The van der Waals surface area contributed by atoms with Gasteiger partial charge in [-0.3, -0.25) is 14.6 Å². The topological polar surface area (TPSA) is 56.6 Å². The average Bonchev–Trinajstić information content (AvgIpc) is 2.78. The number of amides is 1. The second kappa shape index (κ2) is 7.09. The zero-order valence-electron chi connectivity index (χ0n) is 13.2. The van der Waals surface area contributed by atoms with Crippen molar-refractivity contribution in [2.45, 2.75) is 19.9 Å². The maximum absolute atomic E-state index is 12.2. The van der Waals surface area contributed by atoms with E-state index in [1.54, 1.807) is 26.4 Å². The minimum absolute atomic E-state index is 0.303. The highest BCUT2D eigenvalue weighted by Crippen LogP contribution is 2.29. The van der Waals surface area contributed by atoms with Crippen LogP contribution in [0.3, 0.4) is 0 Å². The molecule has 0 unspecified atom stereocenters. The molecule has 2 heterocycles. The lowest BCUT2D eigenvalue weighted by molar-refractivity contribution is -0.0760. The fourth-order valence-electron chi connectivity index (χ4n) is 2.32. The van der Waals surface area contributed by atoms with Crippen molar-refractivity contribution in [1.82, 2.24) is 14.6 Å². The van der Waals surface area contributed by atoms with Crippen LogP contribution in [0, 0.1) is 6.92 Å². The molecule has 1 amide bonds. The van der Waals surface area contributed by atoms with Gasteiger partial charge in [0.1, 0.15) is 10.8 Å². The summed E-state index contributed by atoms with van der Waals surface area (Å²) in [5.41, 5.74) is 2.17. The van der Waals surface area contributed by atoms with Crippen molar-refractivity contribution in [3.8, 4) is 0 Å². The Bertz CT molecular complexity index is 684. The van der Waals surface area contributed by atoms with E-state index < -0.39 is 0 Å². The van der Waals surface area contributed by atoms with E-state index in [4.69, 9.17) is 21.2 Å². The van der Waals surface area contributed by atoms with Gasteiger partial charge in [-0.1, -0.05) is 11.6 Å². The van der Waals surface area contributed by atoms with E-state index in [-0.39, 0.29) is 5.91 Å². The summed E-state index contributed by atoms with van der Waals surface area (Å²) in [5.74, 6) is -0.303. The largest absolute Gasteiger partial charge is 0.385 e. The predicted octanol–water partition coefficient (Wildman–Crippen LogP) is 2.67. The van der Waals surface area contributed by atoms with Crippen LogP contribution >= 0.6 is 11.6 Å². The summed E-state index contributed by atoms with van der Waals surface area (Å²) in [6.45, 7) is 3.31. The molecule has 2 rings (SSSR count). The lowest BCUT2D eigenvalue weighted by Gasteiger charge is -2.13. The Balaban J connectivity index is 2.45. The number of aromatic nitrogens is 2. The Hall–Kier alpha value is -1.63. The summed E-state index contributed by atoms with van der Waals surface area (Å²) < 4.78 is 7.07. The van der Waals surface area contributed by atoms with E-state index in [1.165, 1.54) is 7.11 Å². The molecule has 120 valence electrons. The molecule has 0 aliphatic heterocycles. The average molecular weight is 326 g/mol. The van der Waals surface area contributed by atoms with Gasteiger partial charge in [-0.15, -0.1) is 0 Å². The standard InChI is InChI=1S/C15H20ClN3O3/c1-10-11-9-17-12(15(20)18(2)22-4)8-13(11)19(14(10)16)6-5-7-21-3/h8-9H,5-7H2,1-4H3. The SMILES string of the molecule is COCCCn1c(Cl)c(C)c2cnc(C(=O)N(C)OC)cc21. The van der Waals surface area contributed by atoms with Gasteiger partial charge in [0.15, 0.2) is 0 Å². The molecular formula is C15H20ClN3O3. The van der Waals surface area contributed by atoms with Crippen LogP contribution in [0.2, 0.25) is 5.15 Å². The van der Waals surface area contributed by atoms with Crippen LogP contribution in [0.25, 0.3) is 10.9 Å². The van der Waals surface area contributed by atoms with Gasteiger partial charge >= 0.3 is 0 Å². The predicted molar refractivity (Wildman–Crippen MR) is 85.1 cm³/mol. The van der Waals surface area contributed by atoms with Crippen LogP contribution in [0.1, 0.15) is 22.5 Å². The van der Waals surface area contributed by atoms with Gasteiger partial charge in [0.25, 0.3) is 5.91 Å². The molecule has 0 fully saturated rings. The summed E-state index contributed by atoms with van der Waals surface area (Å²) >= 11 is 6.41. The van der Waals surface area contributed by atoms with E-state index in [9.17, 15) is 4.79 Å². The van der Waals surface area contributed by atoms with Gasteiger partial charge in [-0.2, -0.15) is 0 Å². The van der Waals surface area contributed by atoms with Crippen LogP contribution < -0.4 is 0 Å². The van der Waals surface area contributed by atoms with E-state index in [0.717, 1.165) is 34.5 Å². The number of carbonyl (C=O) groups excluding carboxylic acids is 1. The molecule has 0 radical (unpaired) electrons. The third-order valence-corrected chi connectivity index (χ3v) is 4.12. The molecule has 22 heavy (non-hydrogen) atoms. The second-order valence-corrected chi connectivity index (χ2v) is 5.34.